The minimum absolute atomic E-state index is 0.194. The van der Waals surface area contributed by atoms with Gasteiger partial charge in [-0.2, -0.15) is 13.2 Å². The third-order valence-corrected chi connectivity index (χ3v) is 10.2. The number of halogens is 3. The summed E-state index contributed by atoms with van der Waals surface area (Å²) in [7, 11) is 0. The van der Waals surface area contributed by atoms with Crippen LogP contribution in [0.1, 0.15) is 91.9 Å². The molecular formula is C26H41F3O2. The number of rotatable bonds is 4. The van der Waals surface area contributed by atoms with E-state index in [2.05, 4.69) is 19.9 Å². The van der Waals surface area contributed by atoms with Gasteiger partial charge in [0.2, 0.25) is 0 Å². The Morgan fingerprint density at radius 3 is 2.48 bits per heavy atom. The molecule has 0 spiro atoms. The summed E-state index contributed by atoms with van der Waals surface area (Å²) in [6, 6.07) is 0. The third-order valence-electron chi connectivity index (χ3n) is 10.2. The van der Waals surface area contributed by atoms with Gasteiger partial charge < -0.3 is 10.2 Å². The van der Waals surface area contributed by atoms with Crippen LogP contribution >= 0.6 is 0 Å². The minimum atomic E-state index is -4.57. The molecule has 4 rings (SSSR count). The molecule has 0 bridgehead atoms. The third kappa shape index (κ3) is 4.11. The van der Waals surface area contributed by atoms with E-state index in [1.807, 2.05) is 6.92 Å². The molecule has 4 unspecified atom stereocenters. The Hall–Kier alpha value is -0.550. The maximum atomic E-state index is 13.1. The summed E-state index contributed by atoms with van der Waals surface area (Å²) >= 11 is 0. The first kappa shape index (κ1) is 23.6. The number of aliphatic hydroxyl groups is 2. The van der Waals surface area contributed by atoms with Crippen molar-refractivity contribution in [2.75, 3.05) is 0 Å². The Balaban J connectivity index is 1.45. The molecule has 0 aromatic rings. The molecule has 3 saturated carbocycles. The van der Waals surface area contributed by atoms with E-state index in [4.69, 9.17) is 0 Å². The van der Waals surface area contributed by atoms with Crippen molar-refractivity contribution >= 4 is 0 Å². The number of alkyl halides is 3. The summed E-state index contributed by atoms with van der Waals surface area (Å²) < 4.78 is 39.3. The van der Waals surface area contributed by atoms with Crippen molar-refractivity contribution in [3.8, 4) is 0 Å². The lowest BCUT2D eigenvalue weighted by atomic mass is 9.50. The summed E-state index contributed by atoms with van der Waals surface area (Å²) in [5.74, 6) is 3.32. The van der Waals surface area contributed by atoms with E-state index in [0.717, 1.165) is 39.0 Å². The van der Waals surface area contributed by atoms with E-state index in [1.54, 1.807) is 0 Å². The highest BCUT2D eigenvalue weighted by molar-refractivity contribution is 5.21. The molecule has 0 amide bonds. The fraction of sp³-hybridized carbons (Fsp3) is 0.923. The van der Waals surface area contributed by atoms with Gasteiger partial charge in [0.15, 0.2) is 5.60 Å². The number of allylic oxidation sites excluding steroid dienone is 1. The Bertz CT molecular complexity index is 710. The van der Waals surface area contributed by atoms with Crippen molar-refractivity contribution in [1.82, 2.24) is 0 Å². The molecule has 2 N–H and O–H groups in total. The highest BCUT2D eigenvalue weighted by Crippen LogP contribution is 2.65. The van der Waals surface area contributed by atoms with Gasteiger partial charge in [0.1, 0.15) is 0 Å². The lowest BCUT2D eigenvalue weighted by Crippen LogP contribution is -2.48. The van der Waals surface area contributed by atoms with Crippen molar-refractivity contribution in [1.29, 1.82) is 0 Å². The fourth-order valence-electron chi connectivity index (χ4n) is 8.29. The van der Waals surface area contributed by atoms with Crippen LogP contribution in [0.2, 0.25) is 0 Å². The van der Waals surface area contributed by atoms with Gasteiger partial charge in [-0.05, 0) is 119 Å². The summed E-state index contributed by atoms with van der Waals surface area (Å²) in [6.07, 6.45) is 6.67. The topological polar surface area (TPSA) is 40.5 Å². The predicted molar refractivity (Wildman–Crippen MR) is 116 cm³/mol. The van der Waals surface area contributed by atoms with Crippen LogP contribution in [0, 0.1) is 40.9 Å². The molecule has 0 aliphatic heterocycles. The van der Waals surface area contributed by atoms with Gasteiger partial charge in [0.05, 0.1) is 5.60 Å². The summed E-state index contributed by atoms with van der Waals surface area (Å²) in [6.45, 7) is 7.40. The Morgan fingerprint density at radius 2 is 1.81 bits per heavy atom. The first-order chi connectivity index (χ1) is 14.3. The first-order valence-electron chi connectivity index (χ1n) is 12.5. The van der Waals surface area contributed by atoms with Gasteiger partial charge in [-0.15, -0.1) is 0 Å². The molecular weight excluding hydrogens is 401 g/mol. The maximum absolute atomic E-state index is 13.1. The zero-order valence-electron chi connectivity index (χ0n) is 19.6. The maximum Gasteiger partial charge on any atom is 0.416 e. The van der Waals surface area contributed by atoms with Crippen molar-refractivity contribution in [3.63, 3.8) is 0 Å². The molecule has 0 radical (unpaired) electrons. The van der Waals surface area contributed by atoms with Crippen molar-refractivity contribution in [3.05, 3.63) is 11.6 Å². The highest BCUT2D eigenvalue weighted by atomic mass is 19.4. The van der Waals surface area contributed by atoms with Crippen LogP contribution in [0.4, 0.5) is 13.2 Å². The lowest BCUT2D eigenvalue weighted by molar-refractivity contribution is -0.256. The zero-order chi connectivity index (χ0) is 22.8. The smallest absolute Gasteiger partial charge is 0.390 e. The van der Waals surface area contributed by atoms with E-state index in [1.165, 1.54) is 24.8 Å². The van der Waals surface area contributed by atoms with E-state index >= 15 is 0 Å². The van der Waals surface area contributed by atoms with Crippen LogP contribution in [-0.4, -0.2) is 27.6 Å². The molecule has 4 aliphatic rings. The average Bonchev–Trinajstić information content (AvgIpc) is 3.01. The number of hydrogen-bond donors (Lipinski definition) is 2. The van der Waals surface area contributed by atoms with E-state index in [9.17, 15) is 23.4 Å². The molecule has 5 heteroatoms. The van der Waals surface area contributed by atoms with E-state index in [0.29, 0.717) is 36.0 Å². The summed E-state index contributed by atoms with van der Waals surface area (Å²) in [4.78, 5) is 0. The van der Waals surface area contributed by atoms with Gasteiger partial charge in [-0.1, -0.05) is 25.5 Å². The first-order valence-corrected chi connectivity index (χ1v) is 12.5. The second-order valence-corrected chi connectivity index (χ2v) is 12.3. The van der Waals surface area contributed by atoms with Crippen LogP contribution in [-0.2, 0) is 0 Å². The molecule has 178 valence electrons. The van der Waals surface area contributed by atoms with Gasteiger partial charge in [-0.25, -0.2) is 0 Å². The standard InChI is InChI=1S/C26H41F3O2/c1-16(9-14-25(4,31)26(27,28)29)21-7-8-22-20-6-5-17-15-23(2,30)12-10-18(17)19(20)11-13-24(21,22)3/h5,16,18-22,30-31H,6-15H2,1-4H3/t16-,18?,19?,20?,21-,22?,23+,24-,25+/m1/s1. The normalized spacial score (nSPS) is 45.7. The minimum Gasteiger partial charge on any atom is -0.390 e. The molecule has 0 saturated heterocycles. The second-order valence-electron chi connectivity index (χ2n) is 12.3. The lowest BCUT2D eigenvalue weighted by Gasteiger charge is -2.55. The van der Waals surface area contributed by atoms with Crippen LogP contribution in [0.15, 0.2) is 11.6 Å². The number of hydrogen-bond acceptors (Lipinski definition) is 2. The molecule has 3 fully saturated rings. The van der Waals surface area contributed by atoms with Crippen LogP contribution in [0.5, 0.6) is 0 Å². The van der Waals surface area contributed by atoms with E-state index < -0.39 is 17.4 Å². The quantitative estimate of drug-likeness (QED) is 0.478. The molecule has 31 heavy (non-hydrogen) atoms. The van der Waals surface area contributed by atoms with Crippen molar-refractivity contribution in [2.45, 2.75) is 109 Å². The second kappa shape index (κ2) is 7.75. The van der Waals surface area contributed by atoms with Crippen LogP contribution < -0.4 is 0 Å². The largest absolute Gasteiger partial charge is 0.416 e. The van der Waals surface area contributed by atoms with Crippen LogP contribution in [0.25, 0.3) is 0 Å². The molecule has 4 aliphatic carbocycles. The van der Waals surface area contributed by atoms with Crippen molar-refractivity contribution < 1.29 is 23.4 Å². The predicted octanol–water partition coefficient (Wildman–Crippen LogP) is 6.66. The molecule has 0 heterocycles. The molecule has 2 nitrogen and oxygen atoms in total. The average molecular weight is 443 g/mol. The monoisotopic (exact) mass is 442 g/mol. The molecule has 0 aromatic heterocycles. The Labute approximate surface area is 185 Å². The Kier molecular flexibility index (Phi) is 5.90. The van der Waals surface area contributed by atoms with Gasteiger partial charge >= 0.3 is 6.18 Å². The van der Waals surface area contributed by atoms with Gasteiger partial charge in [-0.3, -0.25) is 0 Å². The SMILES string of the molecule is C[C@H](CC[C@](C)(O)C(F)(F)F)[C@H]1CCC2C3CC=C4C[C@@](C)(O)CCC4C3CC[C@@]21C. The summed E-state index contributed by atoms with van der Waals surface area (Å²) in [5, 5.41) is 20.4. The summed E-state index contributed by atoms with van der Waals surface area (Å²) in [5.41, 5.74) is -1.46. The van der Waals surface area contributed by atoms with Crippen molar-refractivity contribution in [2.24, 2.45) is 40.9 Å². The zero-order valence-corrected chi connectivity index (χ0v) is 19.6. The highest BCUT2D eigenvalue weighted by Gasteiger charge is 2.57. The van der Waals surface area contributed by atoms with Crippen LogP contribution in [0.3, 0.4) is 0 Å². The van der Waals surface area contributed by atoms with E-state index in [-0.39, 0.29) is 17.8 Å². The molecule has 9 atom stereocenters. The molecule has 0 aromatic carbocycles. The van der Waals surface area contributed by atoms with Gasteiger partial charge in [0, 0.05) is 0 Å². The fourth-order valence-corrected chi connectivity index (χ4v) is 8.29. The van der Waals surface area contributed by atoms with Gasteiger partial charge in [0.25, 0.3) is 0 Å². The number of fused-ring (bicyclic) bond motifs is 5. The Morgan fingerprint density at radius 1 is 1.10 bits per heavy atom.